The summed E-state index contributed by atoms with van der Waals surface area (Å²) in [4.78, 5) is 16.9. The van der Waals surface area contributed by atoms with Crippen molar-refractivity contribution < 1.29 is 33.4 Å². The van der Waals surface area contributed by atoms with Gasteiger partial charge >= 0.3 is 6.09 Å². The Kier molecular flexibility index (Phi) is 9.45. The van der Waals surface area contributed by atoms with Gasteiger partial charge in [-0.1, -0.05) is 48.6 Å². The van der Waals surface area contributed by atoms with Crippen LogP contribution in [-0.4, -0.2) is 59.1 Å². The molecule has 1 amide bonds. The molecule has 0 aliphatic rings. The zero-order valence-corrected chi connectivity index (χ0v) is 18.9. The minimum Gasteiger partial charge on any atom is -0.508 e. The molecule has 0 aromatic heterocycles. The zero-order valence-electron chi connectivity index (χ0n) is 18.1. The van der Waals surface area contributed by atoms with Crippen molar-refractivity contribution >= 4 is 16.1 Å². The van der Waals surface area contributed by atoms with Gasteiger partial charge in [0.1, 0.15) is 5.75 Å². The van der Waals surface area contributed by atoms with Gasteiger partial charge in [-0.15, -0.1) is 0 Å². The van der Waals surface area contributed by atoms with E-state index in [9.17, 15) is 28.5 Å². The fourth-order valence-electron chi connectivity index (χ4n) is 3.13. The Morgan fingerprint density at radius 1 is 1.06 bits per heavy atom. The number of hydroxylamine groups is 1. The molecule has 32 heavy (non-hydrogen) atoms. The predicted molar refractivity (Wildman–Crippen MR) is 119 cm³/mol. The van der Waals surface area contributed by atoms with Crippen LogP contribution >= 0.6 is 0 Å². The number of hydrogen-bond acceptors (Lipinski definition) is 6. The van der Waals surface area contributed by atoms with Gasteiger partial charge < -0.3 is 20.6 Å². The van der Waals surface area contributed by atoms with E-state index < -0.39 is 40.9 Å². The molecule has 176 valence electrons. The molecule has 0 radical (unpaired) electrons. The maximum atomic E-state index is 13.2. The van der Waals surface area contributed by atoms with E-state index in [0.29, 0.717) is 17.3 Å². The summed E-state index contributed by atoms with van der Waals surface area (Å²) >= 11 is 0. The van der Waals surface area contributed by atoms with E-state index in [4.69, 9.17) is 4.84 Å². The lowest BCUT2D eigenvalue weighted by molar-refractivity contribution is -0.149. The maximum Gasteiger partial charge on any atom is 0.404 e. The van der Waals surface area contributed by atoms with E-state index in [1.807, 2.05) is 19.9 Å². The standard InChI is InChI=1S/C22H30N2O7S/c1-3-18(4-2)31-24(32(29,30)19-12-10-17(25)11-13-19)15-21(26)20(23-22(27)28)14-16-8-6-5-7-9-16/h5-13,18,20-21,23,25-26H,3-4,14-15H2,1-2H3,(H,27,28)/t20-,21+/m0/s1. The highest BCUT2D eigenvalue weighted by atomic mass is 32.2. The van der Waals surface area contributed by atoms with E-state index in [1.165, 1.54) is 24.3 Å². The van der Waals surface area contributed by atoms with Crippen molar-refractivity contribution in [3.63, 3.8) is 0 Å². The molecule has 0 heterocycles. The molecule has 0 saturated heterocycles. The Labute approximate surface area is 188 Å². The van der Waals surface area contributed by atoms with Crippen LogP contribution < -0.4 is 5.32 Å². The predicted octanol–water partition coefficient (Wildman–Crippen LogP) is 2.74. The van der Waals surface area contributed by atoms with Gasteiger partial charge in [0, 0.05) is 0 Å². The van der Waals surface area contributed by atoms with Gasteiger partial charge in [-0.05, 0) is 49.1 Å². The Morgan fingerprint density at radius 2 is 1.66 bits per heavy atom. The first-order valence-corrected chi connectivity index (χ1v) is 11.8. The molecule has 0 aliphatic carbocycles. The topological polar surface area (TPSA) is 136 Å². The second-order valence-electron chi connectivity index (χ2n) is 7.34. The first kappa shape index (κ1) is 25.6. The van der Waals surface area contributed by atoms with Gasteiger partial charge in [0.25, 0.3) is 10.0 Å². The average Bonchev–Trinajstić information content (AvgIpc) is 2.76. The van der Waals surface area contributed by atoms with E-state index in [0.717, 1.165) is 5.56 Å². The number of phenols is 1. The number of nitrogens with one attached hydrogen (secondary N) is 1. The van der Waals surface area contributed by atoms with E-state index in [1.54, 1.807) is 24.3 Å². The summed E-state index contributed by atoms with van der Waals surface area (Å²) in [6, 6.07) is 12.9. The maximum absolute atomic E-state index is 13.2. The van der Waals surface area contributed by atoms with Gasteiger partial charge in [0.2, 0.25) is 0 Å². The monoisotopic (exact) mass is 466 g/mol. The number of carboxylic acid groups (broad SMARTS) is 1. The van der Waals surface area contributed by atoms with Crippen LogP contribution in [0.5, 0.6) is 5.75 Å². The molecule has 9 nitrogen and oxygen atoms in total. The number of benzene rings is 2. The van der Waals surface area contributed by atoms with Gasteiger partial charge in [-0.3, -0.25) is 4.84 Å². The number of rotatable bonds is 12. The van der Waals surface area contributed by atoms with Crippen molar-refractivity contribution in [2.75, 3.05) is 6.54 Å². The molecule has 0 saturated carbocycles. The second kappa shape index (κ2) is 11.8. The van der Waals surface area contributed by atoms with Gasteiger partial charge in [-0.2, -0.15) is 0 Å². The average molecular weight is 467 g/mol. The fourth-order valence-corrected chi connectivity index (χ4v) is 4.43. The normalized spacial score (nSPS) is 13.8. The van der Waals surface area contributed by atoms with Crippen LogP contribution in [0.2, 0.25) is 0 Å². The fraction of sp³-hybridized carbons (Fsp3) is 0.409. The number of nitrogens with zero attached hydrogens (tertiary/aromatic N) is 1. The Hall–Kier alpha value is -2.66. The van der Waals surface area contributed by atoms with Crippen molar-refractivity contribution in [1.82, 2.24) is 9.79 Å². The lowest BCUT2D eigenvalue weighted by atomic mass is 10.0. The molecule has 0 spiro atoms. The molecular weight excluding hydrogens is 436 g/mol. The van der Waals surface area contributed by atoms with Crippen molar-refractivity contribution in [2.24, 2.45) is 0 Å². The van der Waals surface area contributed by atoms with Crippen LogP contribution in [0.25, 0.3) is 0 Å². The van der Waals surface area contributed by atoms with Crippen LogP contribution in [-0.2, 0) is 21.3 Å². The molecule has 0 fully saturated rings. The Morgan fingerprint density at radius 3 is 2.19 bits per heavy atom. The molecule has 2 aromatic carbocycles. The van der Waals surface area contributed by atoms with Crippen LogP contribution in [0.4, 0.5) is 4.79 Å². The number of hydrogen-bond donors (Lipinski definition) is 4. The first-order valence-electron chi connectivity index (χ1n) is 10.4. The molecule has 2 rings (SSSR count). The molecule has 2 atom stereocenters. The number of aliphatic hydroxyl groups excluding tert-OH is 1. The summed E-state index contributed by atoms with van der Waals surface area (Å²) in [6.07, 6.45) is -1.92. The molecular formula is C22H30N2O7S. The molecule has 4 N–H and O–H groups in total. The van der Waals surface area contributed by atoms with E-state index in [2.05, 4.69) is 5.32 Å². The second-order valence-corrected chi connectivity index (χ2v) is 9.17. The number of amides is 1. The largest absolute Gasteiger partial charge is 0.508 e. The molecule has 0 aliphatic heterocycles. The summed E-state index contributed by atoms with van der Waals surface area (Å²) in [6.45, 7) is 3.21. The molecule has 0 unspecified atom stereocenters. The highest BCUT2D eigenvalue weighted by Crippen LogP contribution is 2.22. The van der Waals surface area contributed by atoms with Crippen LogP contribution in [0.1, 0.15) is 32.3 Å². The van der Waals surface area contributed by atoms with Crippen LogP contribution in [0.15, 0.2) is 59.5 Å². The van der Waals surface area contributed by atoms with Crippen molar-refractivity contribution in [2.45, 2.75) is 56.3 Å². The summed E-state index contributed by atoms with van der Waals surface area (Å²) in [5.41, 5.74) is 0.777. The molecule has 10 heteroatoms. The highest BCUT2D eigenvalue weighted by molar-refractivity contribution is 7.89. The van der Waals surface area contributed by atoms with Crippen molar-refractivity contribution in [3.8, 4) is 5.75 Å². The lowest BCUT2D eigenvalue weighted by Gasteiger charge is -2.30. The number of carbonyl (C=O) groups is 1. The summed E-state index contributed by atoms with van der Waals surface area (Å²) < 4.78 is 27.2. The number of sulfonamides is 1. The highest BCUT2D eigenvalue weighted by Gasteiger charge is 2.33. The van der Waals surface area contributed by atoms with Crippen molar-refractivity contribution in [1.29, 1.82) is 0 Å². The van der Waals surface area contributed by atoms with E-state index >= 15 is 0 Å². The molecule has 0 bridgehead atoms. The van der Waals surface area contributed by atoms with Crippen LogP contribution in [0.3, 0.4) is 0 Å². The summed E-state index contributed by atoms with van der Waals surface area (Å²) in [5, 5.41) is 31.8. The third kappa shape index (κ3) is 7.20. The smallest absolute Gasteiger partial charge is 0.404 e. The van der Waals surface area contributed by atoms with Crippen molar-refractivity contribution in [3.05, 3.63) is 60.2 Å². The summed E-state index contributed by atoms with van der Waals surface area (Å²) in [5.74, 6) is -0.0926. The minimum atomic E-state index is -4.20. The number of phenolic OH excluding ortho intramolecular Hbond substituents is 1. The molecule has 2 aromatic rings. The third-order valence-electron chi connectivity index (χ3n) is 4.99. The van der Waals surface area contributed by atoms with E-state index in [-0.39, 0.29) is 17.1 Å². The number of aliphatic hydroxyl groups is 1. The van der Waals surface area contributed by atoms with Gasteiger partial charge in [0.05, 0.1) is 29.7 Å². The quantitative estimate of drug-likeness (QED) is 0.353. The van der Waals surface area contributed by atoms with Gasteiger partial charge in [-0.25, -0.2) is 13.2 Å². The van der Waals surface area contributed by atoms with Gasteiger partial charge in [0.15, 0.2) is 0 Å². The minimum absolute atomic E-state index is 0.0926. The SMILES string of the molecule is CCC(CC)ON(C[C@@H](O)[C@H](Cc1ccccc1)NC(=O)O)S(=O)(=O)c1ccc(O)cc1. The lowest BCUT2D eigenvalue weighted by Crippen LogP contribution is -2.50. The first-order chi connectivity index (χ1) is 15.2. The summed E-state index contributed by atoms with van der Waals surface area (Å²) in [7, 11) is -4.20. The Bertz CT molecular complexity index is 948. The number of aromatic hydroxyl groups is 1. The zero-order chi connectivity index (χ0) is 23.7. The van der Waals surface area contributed by atoms with Crippen LogP contribution in [0, 0.1) is 0 Å². The third-order valence-corrected chi connectivity index (χ3v) is 6.63. The Balaban J connectivity index is 2.32.